The summed E-state index contributed by atoms with van der Waals surface area (Å²) in [5, 5.41) is 9.10. The number of rotatable bonds is 2. The van der Waals surface area contributed by atoms with Crippen LogP contribution in [0.1, 0.15) is 42.6 Å². The first kappa shape index (κ1) is 13.8. The first-order chi connectivity index (χ1) is 9.72. The van der Waals surface area contributed by atoms with Crippen molar-refractivity contribution in [3.8, 4) is 6.07 Å². The van der Waals surface area contributed by atoms with Crippen LogP contribution in [0, 0.1) is 11.3 Å². The van der Waals surface area contributed by atoms with E-state index in [9.17, 15) is 5.26 Å². The third-order valence-corrected chi connectivity index (χ3v) is 5.02. The van der Waals surface area contributed by atoms with Gasteiger partial charge in [-0.25, -0.2) is 4.98 Å². The maximum Gasteiger partial charge on any atom is 0.128 e. The number of halogens is 1. The molecule has 20 heavy (non-hydrogen) atoms. The van der Waals surface area contributed by atoms with E-state index in [0.717, 1.165) is 29.7 Å². The van der Waals surface area contributed by atoms with Crippen molar-refractivity contribution in [3.63, 3.8) is 0 Å². The quantitative estimate of drug-likeness (QED) is 0.778. The van der Waals surface area contributed by atoms with Crippen LogP contribution < -0.4 is 0 Å². The number of para-hydroxylation sites is 1. The van der Waals surface area contributed by atoms with Crippen LogP contribution in [0.15, 0.2) is 18.2 Å². The zero-order chi connectivity index (χ0) is 14.1. The predicted octanol–water partition coefficient (Wildman–Crippen LogP) is 4.28. The van der Waals surface area contributed by atoms with Gasteiger partial charge in [0.05, 0.1) is 16.5 Å². The molecule has 0 amide bonds. The van der Waals surface area contributed by atoms with Crippen LogP contribution in [-0.2, 0) is 0 Å². The van der Waals surface area contributed by atoms with Crippen molar-refractivity contribution < 1.29 is 0 Å². The molecule has 0 saturated carbocycles. The molecule has 1 aliphatic heterocycles. The fraction of sp³-hybridized carbons (Fsp3) is 0.467. The van der Waals surface area contributed by atoms with Crippen LogP contribution in [-0.4, -0.2) is 21.1 Å². The van der Waals surface area contributed by atoms with Gasteiger partial charge in [-0.05, 0) is 43.4 Å². The monoisotopic (exact) mass is 305 g/mol. The van der Waals surface area contributed by atoms with E-state index < -0.39 is 0 Å². The number of thioether (sulfide) groups is 1. The number of aromatic nitrogens is 2. The van der Waals surface area contributed by atoms with Crippen molar-refractivity contribution in [1.29, 1.82) is 5.26 Å². The van der Waals surface area contributed by atoms with E-state index in [1.807, 2.05) is 36.9 Å². The largest absolute Gasteiger partial charge is 0.324 e. The van der Waals surface area contributed by atoms with Gasteiger partial charge >= 0.3 is 0 Å². The second kappa shape index (κ2) is 5.67. The van der Waals surface area contributed by atoms with Gasteiger partial charge in [-0.2, -0.15) is 17.0 Å². The zero-order valence-electron chi connectivity index (χ0n) is 11.3. The van der Waals surface area contributed by atoms with Crippen LogP contribution in [0.3, 0.4) is 0 Å². The maximum absolute atomic E-state index is 9.25. The standard InChI is InChI=1S/C15H16ClN3S/c1-10(16)15-18-14-11(9-17)3-2-4-13(14)19(15)12-5-7-20-8-6-12/h2-4,10,12H,5-8H2,1H3. The van der Waals surface area contributed by atoms with Gasteiger partial charge in [0.15, 0.2) is 0 Å². The molecule has 1 aromatic carbocycles. The molecule has 0 radical (unpaired) electrons. The average Bonchev–Trinajstić information content (AvgIpc) is 2.87. The smallest absolute Gasteiger partial charge is 0.128 e. The van der Waals surface area contributed by atoms with Crippen molar-refractivity contribution >= 4 is 34.4 Å². The van der Waals surface area contributed by atoms with Gasteiger partial charge < -0.3 is 4.57 Å². The Balaban J connectivity index is 2.22. The summed E-state index contributed by atoms with van der Waals surface area (Å²) < 4.78 is 2.27. The van der Waals surface area contributed by atoms with E-state index in [1.54, 1.807) is 0 Å². The van der Waals surface area contributed by atoms with Gasteiger partial charge in [-0.15, -0.1) is 11.6 Å². The fourth-order valence-electron chi connectivity index (χ4n) is 2.83. The van der Waals surface area contributed by atoms with Gasteiger partial charge in [0, 0.05) is 6.04 Å². The summed E-state index contributed by atoms with van der Waals surface area (Å²) >= 11 is 8.33. The molecular formula is C15H16ClN3S. The molecule has 5 heteroatoms. The highest BCUT2D eigenvalue weighted by molar-refractivity contribution is 7.99. The second-order valence-electron chi connectivity index (χ2n) is 5.08. The van der Waals surface area contributed by atoms with Gasteiger partial charge in [-0.1, -0.05) is 6.07 Å². The SMILES string of the molecule is CC(Cl)c1nc2c(C#N)cccc2n1C1CCSCC1. The lowest BCUT2D eigenvalue weighted by molar-refractivity contribution is 0.464. The van der Waals surface area contributed by atoms with Crippen molar-refractivity contribution in [2.24, 2.45) is 0 Å². The predicted molar refractivity (Wildman–Crippen MR) is 84.3 cm³/mol. The number of hydrogen-bond donors (Lipinski definition) is 0. The molecule has 1 aliphatic rings. The summed E-state index contributed by atoms with van der Waals surface area (Å²) in [5.41, 5.74) is 2.46. The lowest BCUT2D eigenvalue weighted by atomic mass is 10.1. The molecule has 1 saturated heterocycles. The Morgan fingerprint density at radius 3 is 2.85 bits per heavy atom. The highest BCUT2D eigenvalue weighted by atomic mass is 35.5. The molecule has 1 unspecified atom stereocenters. The molecular weight excluding hydrogens is 290 g/mol. The van der Waals surface area contributed by atoms with Crippen molar-refractivity contribution in [2.45, 2.75) is 31.2 Å². The van der Waals surface area contributed by atoms with Crippen LogP contribution in [0.25, 0.3) is 11.0 Å². The minimum absolute atomic E-state index is 0.150. The first-order valence-corrected chi connectivity index (χ1v) is 8.44. The first-order valence-electron chi connectivity index (χ1n) is 6.85. The normalized spacial score (nSPS) is 18.1. The molecule has 0 spiro atoms. The minimum Gasteiger partial charge on any atom is -0.324 e. The number of nitrogens with zero attached hydrogens (tertiary/aromatic N) is 3. The van der Waals surface area contributed by atoms with Gasteiger partial charge in [-0.3, -0.25) is 0 Å². The summed E-state index contributed by atoms with van der Waals surface area (Å²) in [6.45, 7) is 1.95. The maximum atomic E-state index is 9.25. The van der Waals surface area contributed by atoms with E-state index in [-0.39, 0.29) is 5.38 Å². The highest BCUT2D eigenvalue weighted by Gasteiger charge is 2.24. The Hall–Kier alpha value is -1.18. The van der Waals surface area contributed by atoms with E-state index in [0.29, 0.717) is 11.6 Å². The lowest BCUT2D eigenvalue weighted by Crippen LogP contribution is -2.17. The number of fused-ring (bicyclic) bond motifs is 1. The third kappa shape index (κ3) is 2.30. The summed E-state index contributed by atoms with van der Waals surface area (Å²) in [7, 11) is 0. The Morgan fingerprint density at radius 1 is 1.45 bits per heavy atom. The van der Waals surface area contributed by atoms with E-state index in [1.165, 1.54) is 11.5 Å². The number of nitriles is 1. The third-order valence-electron chi connectivity index (χ3n) is 3.78. The number of benzene rings is 1. The van der Waals surface area contributed by atoms with Crippen LogP contribution in [0.4, 0.5) is 0 Å². The molecule has 1 atom stereocenters. The van der Waals surface area contributed by atoms with Crippen LogP contribution >= 0.6 is 23.4 Å². The Morgan fingerprint density at radius 2 is 2.20 bits per heavy atom. The van der Waals surface area contributed by atoms with Crippen LogP contribution in [0.2, 0.25) is 0 Å². The summed E-state index contributed by atoms with van der Waals surface area (Å²) in [6.07, 6.45) is 2.28. The van der Waals surface area contributed by atoms with E-state index in [4.69, 9.17) is 11.6 Å². The Labute approximate surface area is 127 Å². The molecule has 2 heterocycles. The van der Waals surface area contributed by atoms with Crippen molar-refractivity contribution in [1.82, 2.24) is 9.55 Å². The fourth-order valence-corrected chi connectivity index (χ4v) is 4.07. The zero-order valence-corrected chi connectivity index (χ0v) is 12.9. The van der Waals surface area contributed by atoms with Gasteiger partial charge in [0.25, 0.3) is 0 Å². The summed E-state index contributed by atoms with van der Waals surface area (Å²) in [4.78, 5) is 4.66. The molecule has 3 rings (SSSR count). The highest BCUT2D eigenvalue weighted by Crippen LogP contribution is 2.35. The van der Waals surface area contributed by atoms with Crippen molar-refractivity contribution in [2.75, 3.05) is 11.5 Å². The van der Waals surface area contributed by atoms with Gasteiger partial charge in [0.2, 0.25) is 0 Å². The Bertz CT molecular complexity index is 666. The number of hydrogen-bond acceptors (Lipinski definition) is 3. The topological polar surface area (TPSA) is 41.6 Å². The van der Waals surface area contributed by atoms with E-state index >= 15 is 0 Å². The van der Waals surface area contributed by atoms with Crippen molar-refractivity contribution in [3.05, 3.63) is 29.6 Å². The molecule has 0 aliphatic carbocycles. The number of imidazole rings is 1. The average molecular weight is 306 g/mol. The summed E-state index contributed by atoms with van der Waals surface area (Å²) in [5.74, 6) is 3.25. The molecule has 1 fully saturated rings. The number of alkyl halides is 1. The molecule has 1 aromatic heterocycles. The molecule has 2 aromatic rings. The van der Waals surface area contributed by atoms with Crippen LogP contribution in [0.5, 0.6) is 0 Å². The molecule has 0 N–H and O–H groups in total. The Kier molecular flexibility index (Phi) is 3.91. The molecule has 104 valence electrons. The lowest BCUT2D eigenvalue weighted by Gasteiger charge is -2.25. The molecule has 0 bridgehead atoms. The minimum atomic E-state index is -0.150. The second-order valence-corrected chi connectivity index (χ2v) is 6.96. The van der Waals surface area contributed by atoms with Gasteiger partial charge in [0.1, 0.15) is 17.4 Å². The summed E-state index contributed by atoms with van der Waals surface area (Å²) in [6, 6.07) is 8.48. The molecule has 3 nitrogen and oxygen atoms in total. The van der Waals surface area contributed by atoms with E-state index in [2.05, 4.69) is 15.6 Å².